The van der Waals surface area contributed by atoms with Crippen LogP contribution in [-0.2, 0) is 16.1 Å². The predicted octanol–water partition coefficient (Wildman–Crippen LogP) is 3.21. The molecule has 0 saturated carbocycles. The molecule has 0 spiro atoms. The number of nitrogens with one attached hydrogen (secondary N) is 2. The third kappa shape index (κ3) is 4.86. The van der Waals surface area contributed by atoms with Crippen molar-refractivity contribution in [2.75, 3.05) is 7.11 Å². The van der Waals surface area contributed by atoms with Crippen LogP contribution in [0.15, 0.2) is 66.7 Å². The molecule has 0 aliphatic heterocycles. The molecule has 0 heterocycles. The van der Waals surface area contributed by atoms with Crippen molar-refractivity contribution < 1.29 is 19.1 Å². The third-order valence-electron chi connectivity index (χ3n) is 4.20. The van der Waals surface area contributed by atoms with Crippen molar-refractivity contribution in [2.45, 2.75) is 19.6 Å². The van der Waals surface area contributed by atoms with Gasteiger partial charge in [0.15, 0.2) is 6.10 Å². The van der Waals surface area contributed by atoms with E-state index in [1.807, 2.05) is 48.5 Å². The molecule has 0 radical (unpaired) electrons. The molecular weight excluding hydrogens is 356 g/mol. The fraction of sp³-hybridized carbons (Fsp3) is 0.182. The van der Waals surface area contributed by atoms with Crippen molar-refractivity contribution in [1.82, 2.24) is 10.9 Å². The number of amides is 2. The summed E-state index contributed by atoms with van der Waals surface area (Å²) in [6.07, 6.45) is -0.777. The maximum atomic E-state index is 12.2. The van der Waals surface area contributed by atoms with Gasteiger partial charge < -0.3 is 9.47 Å². The van der Waals surface area contributed by atoms with Crippen molar-refractivity contribution >= 4 is 22.6 Å². The highest BCUT2D eigenvalue weighted by molar-refractivity contribution is 5.96. The molecule has 0 aliphatic carbocycles. The maximum Gasteiger partial charge on any atom is 0.279 e. The van der Waals surface area contributed by atoms with Gasteiger partial charge in [0.05, 0.1) is 6.61 Å². The maximum absolute atomic E-state index is 12.2. The van der Waals surface area contributed by atoms with Crippen LogP contribution in [0.5, 0.6) is 5.75 Å². The molecule has 3 aromatic carbocycles. The summed E-state index contributed by atoms with van der Waals surface area (Å²) in [7, 11) is 1.59. The number of fused-ring (bicyclic) bond motifs is 1. The van der Waals surface area contributed by atoms with Gasteiger partial charge >= 0.3 is 0 Å². The van der Waals surface area contributed by atoms with Crippen molar-refractivity contribution in [3.05, 3.63) is 77.9 Å². The van der Waals surface area contributed by atoms with E-state index in [-0.39, 0.29) is 0 Å². The van der Waals surface area contributed by atoms with E-state index < -0.39 is 17.9 Å². The Hall–Kier alpha value is -3.38. The molecule has 28 heavy (non-hydrogen) atoms. The number of carbonyl (C=O) groups is 2. The first-order valence-electron chi connectivity index (χ1n) is 8.90. The second-order valence-corrected chi connectivity index (χ2v) is 6.35. The third-order valence-corrected chi connectivity index (χ3v) is 4.20. The lowest BCUT2D eigenvalue weighted by atomic mass is 10.1. The van der Waals surface area contributed by atoms with Crippen LogP contribution in [-0.4, -0.2) is 25.0 Å². The first-order chi connectivity index (χ1) is 13.6. The van der Waals surface area contributed by atoms with Crippen LogP contribution in [0.4, 0.5) is 0 Å². The van der Waals surface area contributed by atoms with E-state index in [0.717, 1.165) is 16.3 Å². The average Bonchev–Trinajstić information content (AvgIpc) is 2.72. The molecule has 3 aromatic rings. The van der Waals surface area contributed by atoms with Gasteiger partial charge in [0.2, 0.25) is 0 Å². The minimum atomic E-state index is -0.777. The van der Waals surface area contributed by atoms with E-state index in [9.17, 15) is 9.59 Å². The number of hydrazine groups is 1. The Kier molecular flexibility index (Phi) is 6.24. The van der Waals surface area contributed by atoms with Gasteiger partial charge in [-0.2, -0.15) is 0 Å². The minimum absolute atomic E-state index is 0.407. The van der Waals surface area contributed by atoms with E-state index in [0.29, 0.717) is 17.9 Å². The number of benzene rings is 3. The summed E-state index contributed by atoms with van der Waals surface area (Å²) in [6.45, 7) is 2.03. The monoisotopic (exact) mass is 378 g/mol. The Morgan fingerprint density at radius 1 is 0.929 bits per heavy atom. The zero-order valence-electron chi connectivity index (χ0n) is 15.8. The Labute approximate surface area is 163 Å². The van der Waals surface area contributed by atoms with E-state index in [2.05, 4.69) is 10.9 Å². The van der Waals surface area contributed by atoms with Crippen molar-refractivity contribution in [3.63, 3.8) is 0 Å². The molecule has 0 aromatic heterocycles. The number of hydrogen-bond acceptors (Lipinski definition) is 4. The van der Waals surface area contributed by atoms with Gasteiger partial charge in [-0.15, -0.1) is 0 Å². The summed E-state index contributed by atoms with van der Waals surface area (Å²) in [4.78, 5) is 24.5. The lowest BCUT2D eigenvalue weighted by Gasteiger charge is -2.15. The van der Waals surface area contributed by atoms with Crippen LogP contribution in [0.25, 0.3) is 10.8 Å². The molecule has 1 atom stereocenters. The van der Waals surface area contributed by atoms with Gasteiger partial charge in [0.25, 0.3) is 11.8 Å². The molecule has 6 nitrogen and oxygen atoms in total. The van der Waals surface area contributed by atoms with E-state index in [4.69, 9.17) is 9.47 Å². The number of methoxy groups -OCH3 is 1. The SMILES string of the molecule is COCc1cccc(C(=O)NNC(=O)C(C)Oc2ccc3ccccc3c2)c1. The summed E-state index contributed by atoms with van der Waals surface area (Å²) >= 11 is 0. The zero-order valence-corrected chi connectivity index (χ0v) is 15.8. The standard InChI is InChI=1S/C22H22N2O4/c1-15(28-20-11-10-17-7-3-4-8-18(17)13-20)21(25)23-24-22(26)19-9-5-6-16(12-19)14-27-2/h3-13,15H,14H2,1-2H3,(H,23,25)(H,24,26). The smallest absolute Gasteiger partial charge is 0.279 e. The molecule has 1 unspecified atom stereocenters. The Morgan fingerprint density at radius 3 is 2.50 bits per heavy atom. The molecule has 2 N–H and O–H groups in total. The van der Waals surface area contributed by atoms with Crippen LogP contribution in [0.3, 0.4) is 0 Å². The van der Waals surface area contributed by atoms with Crippen molar-refractivity contribution in [1.29, 1.82) is 0 Å². The summed E-state index contributed by atoms with van der Waals surface area (Å²) in [5.41, 5.74) is 6.10. The molecule has 2 amide bonds. The van der Waals surface area contributed by atoms with Crippen molar-refractivity contribution in [2.24, 2.45) is 0 Å². The summed E-state index contributed by atoms with van der Waals surface area (Å²) < 4.78 is 10.8. The first-order valence-corrected chi connectivity index (χ1v) is 8.90. The highest BCUT2D eigenvalue weighted by Crippen LogP contribution is 2.21. The number of carbonyl (C=O) groups excluding carboxylic acids is 2. The van der Waals surface area contributed by atoms with Gasteiger partial charge in [-0.25, -0.2) is 0 Å². The molecule has 0 aliphatic rings. The molecule has 144 valence electrons. The largest absolute Gasteiger partial charge is 0.481 e. The number of ether oxygens (including phenoxy) is 2. The number of rotatable bonds is 6. The molecule has 6 heteroatoms. The van der Waals surface area contributed by atoms with Crippen LogP contribution >= 0.6 is 0 Å². The summed E-state index contributed by atoms with van der Waals surface area (Å²) in [5, 5.41) is 2.12. The van der Waals surface area contributed by atoms with Gasteiger partial charge in [-0.3, -0.25) is 20.4 Å². The van der Waals surface area contributed by atoms with Gasteiger partial charge in [0, 0.05) is 12.7 Å². The van der Waals surface area contributed by atoms with Gasteiger partial charge in [0.1, 0.15) is 5.75 Å². The lowest BCUT2D eigenvalue weighted by Crippen LogP contribution is -2.47. The Morgan fingerprint density at radius 2 is 1.71 bits per heavy atom. The topological polar surface area (TPSA) is 76.7 Å². The van der Waals surface area contributed by atoms with E-state index >= 15 is 0 Å². The lowest BCUT2D eigenvalue weighted by molar-refractivity contribution is -0.128. The highest BCUT2D eigenvalue weighted by atomic mass is 16.5. The first kappa shape index (κ1) is 19.4. The number of hydrogen-bond donors (Lipinski definition) is 2. The van der Waals surface area contributed by atoms with E-state index in [1.165, 1.54) is 0 Å². The summed E-state index contributed by atoms with van der Waals surface area (Å²) in [6, 6.07) is 20.5. The van der Waals surface area contributed by atoms with E-state index in [1.54, 1.807) is 32.2 Å². The Bertz CT molecular complexity index is 987. The highest BCUT2D eigenvalue weighted by Gasteiger charge is 2.16. The van der Waals surface area contributed by atoms with Gasteiger partial charge in [-0.05, 0) is 47.5 Å². The van der Waals surface area contributed by atoms with Crippen LogP contribution < -0.4 is 15.6 Å². The normalized spacial score (nSPS) is 11.6. The second kappa shape index (κ2) is 9.01. The Balaban J connectivity index is 1.56. The quantitative estimate of drug-likeness (QED) is 0.646. The van der Waals surface area contributed by atoms with Crippen LogP contribution in [0.2, 0.25) is 0 Å². The average molecular weight is 378 g/mol. The molecular formula is C22H22N2O4. The molecule has 0 fully saturated rings. The summed E-state index contributed by atoms with van der Waals surface area (Å²) in [5.74, 6) is -0.279. The molecule has 3 rings (SSSR count). The minimum Gasteiger partial charge on any atom is -0.481 e. The fourth-order valence-corrected chi connectivity index (χ4v) is 2.76. The fourth-order valence-electron chi connectivity index (χ4n) is 2.76. The van der Waals surface area contributed by atoms with Crippen LogP contribution in [0, 0.1) is 0 Å². The molecule has 0 saturated heterocycles. The van der Waals surface area contributed by atoms with Crippen LogP contribution in [0.1, 0.15) is 22.8 Å². The second-order valence-electron chi connectivity index (χ2n) is 6.35. The van der Waals surface area contributed by atoms with Crippen molar-refractivity contribution in [3.8, 4) is 5.75 Å². The predicted molar refractivity (Wildman–Crippen MR) is 107 cm³/mol. The van der Waals surface area contributed by atoms with Gasteiger partial charge in [-0.1, -0.05) is 42.5 Å². The zero-order chi connectivity index (χ0) is 19.9. The molecule has 0 bridgehead atoms.